The van der Waals surface area contributed by atoms with Crippen molar-refractivity contribution in [1.82, 2.24) is 9.80 Å². The summed E-state index contributed by atoms with van der Waals surface area (Å²) in [6, 6.07) is 14.7. The number of piperazine rings is 1. The third kappa shape index (κ3) is 4.72. The molecule has 0 spiro atoms. The molecule has 1 N–H and O–H groups in total. The Balaban J connectivity index is 1.44. The van der Waals surface area contributed by atoms with E-state index in [4.69, 9.17) is 4.74 Å². The first kappa shape index (κ1) is 17.7. The van der Waals surface area contributed by atoms with Gasteiger partial charge in [-0.05, 0) is 24.3 Å². The minimum atomic E-state index is -0.409. The molecule has 0 radical (unpaired) electrons. The average molecular weight is 357 g/mol. The highest BCUT2D eigenvalue weighted by Crippen LogP contribution is 2.13. The van der Waals surface area contributed by atoms with Gasteiger partial charge in [0.15, 0.2) is 6.61 Å². The van der Waals surface area contributed by atoms with Gasteiger partial charge < -0.3 is 19.9 Å². The molecular weight excluding hydrogens is 337 g/mol. The number of carbonyl (C=O) groups is 2. The summed E-state index contributed by atoms with van der Waals surface area (Å²) in [5, 5.41) is 2.83. The zero-order valence-corrected chi connectivity index (χ0v) is 14.2. The van der Waals surface area contributed by atoms with Gasteiger partial charge >= 0.3 is 6.03 Å². The van der Waals surface area contributed by atoms with E-state index in [1.165, 1.54) is 18.2 Å². The summed E-state index contributed by atoms with van der Waals surface area (Å²) in [5.74, 6) is -0.274. The highest BCUT2D eigenvalue weighted by Gasteiger charge is 2.24. The molecule has 136 valence electrons. The van der Waals surface area contributed by atoms with Gasteiger partial charge in [0.2, 0.25) is 0 Å². The van der Waals surface area contributed by atoms with Gasteiger partial charge in [-0.2, -0.15) is 0 Å². The Bertz CT molecular complexity index is 762. The van der Waals surface area contributed by atoms with Crippen molar-refractivity contribution in [3.05, 3.63) is 60.4 Å². The summed E-state index contributed by atoms with van der Waals surface area (Å²) in [7, 11) is 0. The Morgan fingerprint density at radius 1 is 0.962 bits per heavy atom. The van der Waals surface area contributed by atoms with E-state index >= 15 is 0 Å². The monoisotopic (exact) mass is 357 g/mol. The highest BCUT2D eigenvalue weighted by molar-refractivity contribution is 5.89. The number of halogens is 1. The van der Waals surface area contributed by atoms with Crippen molar-refractivity contribution in [3.8, 4) is 5.75 Å². The lowest BCUT2D eigenvalue weighted by molar-refractivity contribution is -0.134. The van der Waals surface area contributed by atoms with Gasteiger partial charge in [-0.25, -0.2) is 9.18 Å². The Morgan fingerprint density at radius 2 is 1.65 bits per heavy atom. The first-order valence-corrected chi connectivity index (χ1v) is 8.39. The maximum atomic E-state index is 13.1. The van der Waals surface area contributed by atoms with Crippen molar-refractivity contribution in [1.29, 1.82) is 0 Å². The Kier molecular flexibility index (Phi) is 5.68. The zero-order valence-electron chi connectivity index (χ0n) is 14.2. The molecular formula is C19H20FN3O3. The van der Waals surface area contributed by atoms with Crippen molar-refractivity contribution >= 4 is 17.6 Å². The summed E-state index contributed by atoms with van der Waals surface area (Å²) < 4.78 is 18.4. The molecule has 7 heteroatoms. The van der Waals surface area contributed by atoms with Crippen molar-refractivity contribution in [2.45, 2.75) is 0 Å². The second-order valence-corrected chi connectivity index (χ2v) is 5.91. The molecule has 1 saturated heterocycles. The number of ether oxygens (including phenoxy) is 1. The highest BCUT2D eigenvalue weighted by atomic mass is 19.1. The van der Waals surface area contributed by atoms with E-state index in [9.17, 15) is 14.0 Å². The number of hydrogen-bond acceptors (Lipinski definition) is 3. The molecule has 26 heavy (non-hydrogen) atoms. The quantitative estimate of drug-likeness (QED) is 0.915. The first-order chi connectivity index (χ1) is 12.6. The van der Waals surface area contributed by atoms with Crippen LogP contribution in [-0.4, -0.2) is 54.5 Å². The molecule has 6 nitrogen and oxygen atoms in total. The van der Waals surface area contributed by atoms with Crippen LogP contribution in [0.15, 0.2) is 54.6 Å². The molecule has 1 fully saturated rings. The van der Waals surface area contributed by atoms with Gasteiger partial charge in [-0.15, -0.1) is 0 Å². The third-order valence-electron chi connectivity index (χ3n) is 4.10. The van der Waals surface area contributed by atoms with E-state index < -0.39 is 5.82 Å². The normalized spacial score (nSPS) is 14.0. The molecule has 1 aliphatic rings. The van der Waals surface area contributed by atoms with Crippen LogP contribution in [0, 0.1) is 5.82 Å². The first-order valence-electron chi connectivity index (χ1n) is 8.39. The second kappa shape index (κ2) is 8.33. The fourth-order valence-corrected chi connectivity index (χ4v) is 2.68. The van der Waals surface area contributed by atoms with E-state index in [-0.39, 0.29) is 18.5 Å². The molecule has 0 aromatic heterocycles. The van der Waals surface area contributed by atoms with Crippen LogP contribution in [0.3, 0.4) is 0 Å². The summed E-state index contributed by atoms with van der Waals surface area (Å²) in [6.45, 7) is 1.62. The molecule has 0 saturated carbocycles. The van der Waals surface area contributed by atoms with Crippen molar-refractivity contribution in [2.24, 2.45) is 0 Å². The van der Waals surface area contributed by atoms with Crippen molar-refractivity contribution < 1.29 is 18.7 Å². The Morgan fingerprint density at radius 3 is 2.35 bits per heavy atom. The minimum absolute atomic E-state index is 0.153. The molecule has 1 heterocycles. The predicted octanol–water partition coefficient (Wildman–Crippen LogP) is 2.58. The van der Waals surface area contributed by atoms with Crippen LogP contribution >= 0.6 is 0 Å². The summed E-state index contributed by atoms with van der Waals surface area (Å²) in [6.07, 6.45) is 0. The Labute approximate surface area is 151 Å². The van der Waals surface area contributed by atoms with Crippen LogP contribution in [0.1, 0.15) is 0 Å². The molecule has 0 bridgehead atoms. The fraction of sp³-hybridized carbons (Fsp3) is 0.263. The second-order valence-electron chi connectivity index (χ2n) is 5.91. The number of nitrogens with one attached hydrogen (secondary N) is 1. The molecule has 1 aliphatic heterocycles. The predicted molar refractivity (Wildman–Crippen MR) is 95.5 cm³/mol. The molecule has 2 aromatic rings. The van der Waals surface area contributed by atoms with E-state index in [1.807, 2.05) is 30.3 Å². The van der Waals surface area contributed by atoms with E-state index in [0.717, 1.165) is 5.69 Å². The lowest BCUT2D eigenvalue weighted by Crippen LogP contribution is -2.52. The van der Waals surface area contributed by atoms with Gasteiger partial charge in [0.05, 0.1) is 0 Å². The van der Waals surface area contributed by atoms with Crippen LogP contribution < -0.4 is 10.1 Å². The standard InChI is InChI=1S/C19H20FN3O3/c20-15-5-4-8-17(13-15)26-14-18(24)22-9-11-23(12-10-22)19(25)21-16-6-2-1-3-7-16/h1-8,13H,9-12,14H2,(H,21,25). The summed E-state index contributed by atoms with van der Waals surface area (Å²) >= 11 is 0. The topological polar surface area (TPSA) is 61.9 Å². The number of amides is 3. The van der Waals surface area contributed by atoms with Crippen LogP contribution in [0.25, 0.3) is 0 Å². The van der Waals surface area contributed by atoms with Gasteiger partial charge in [0.1, 0.15) is 11.6 Å². The number of anilines is 1. The van der Waals surface area contributed by atoms with Gasteiger partial charge in [-0.1, -0.05) is 24.3 Å². The Hall–Kier alpha value is -3.09. The van der Waals surface area contributed by atoms with Crippen LogP contribution in [-0.2, 0) is 4.79 Å². The fourth-order valence-electron chi connectivity index (χ4n) is 2.68. The number of rotatable bonds is 4. The maximum absolute atomic E-state index is 13.1. The maximum Gasteiger partial charge on any atom is 0.321 e. The van der Waals surface area contributed by atoms with E-state index in [1.54, 1.807) is 15.9 Å². The number of nitrogens with zero attached hydrogens (tertiary/aromatic N) is 2. The van der Waals surface area contributed by atoms with Gasteiger partial charge in [0.25, 0.3) is 5.91 Å². The van der Waals surface area contributed by atoms with Crippen molar-refractivity contribution in [2.75, 3.05) is 38.1 Å². The van der Waals surface area contributed by atoms with Crippen LogP contribution in [0.4, 0.5) is 14.9 Å². The average Bonchev–Trinajstić information content (AvgIpc) is 2.67. The molecule has 2 aromatic carbocycles. The van der Waals surface area contributed by atoms with Crippen LogP contribution in [0.2, 0.25) is 0 Å². The lowest BCUT2D eigenvalue weighted by atomic mass is 10.3. The minimum Gasteiger partial charge on any atom is -0.484 e. The van der Waals surface area contributed by atoms with E-state index in [0.29, 0.717) is 31.9 Å². The molecule has 0 aliphatic carbocycles. The number of para-hydroxylation sites is 1. The molecule has 0 unspecified atom stereocenters. The SMILES string of the molecule is O=C(COc1cccc(F)c1)N1CCN(C(=O)Nc2ccccc2)CC1. The number of benzene rings is 2. The lowest BCUT2D eigenvalue weighted by Gasteiger charge is -2.34. The molecule has 3 amide bonds. The molecule has 3 rings (SSSR count). The molecule has 0 atom stereocenters. The number of hydrogen-bond donors (Lipinski definition) is 1. The third-order valence-corrected chi connectivity index (χ3v) is 4.10. The largest absolute Gasteiger partial charge is 0.484 e. The van der Waals surface area contributed by atoms with Gasteiger partial charge in [-0.3, -0.25) is 4.79 Å². The smallest absolute Gasteiger partial charge is 0.321 e. The van der Waals surface area contributed by atoms with Crippen molar-refractivity contribution in [3.63, 3.8) is 0 Å². The summed E-state index contributed by atoms with van der Waals surface area (Å²) in [4.78, 5) is 27.8. The van der Waals surface area contributed by atoms with E-state index in [2.05, 4.69) is 5.32 Å². The van der Waals surface area contributed by atoms with Crippen LogP contribution in [0.5, 0.6) is 5.75 Å². The number of urea groups is 1. The van der Waals surface area contributed by atoms with Gasteiger partial charge in [0, 0.05) is 37.9 Å². The zero-order chi connectivity index (χ0) is 18.4. The summed E-state index contributed by atoms with van der Waals surface area (Å²) in [5.41, 5.74) is 0.736. The number of carbonyl (C=O) groups excluding carboxylic acids is 2.